The van der Waals surface area contributed by atoms with E-state index < -0.39 is 0 Å². The number of ether oxygens (including phenoxy) is 1. The quantitative estimate of drug-likeness (QED) is 0.609. The van der Waals surface area contributed by atoms with E-state index in [0.717, 1.165) is 17.3 Å². The van der Waals surface area contributed by atoms with Crippen LogP contribution in [-0.2, 0) is 0 Å². The highest BCUT2D eigenvalue weighted by atomic mass is 32.2. The van der Waals surface area contributed by atoms with Crippen LogP contribution in [0.25, 0.3) is 0 Å². The molecule has 1 rings (SSSR count). The molecule has 0 N–H and O–H groups in total. The van der Waals surface area contributed by atoms with Gasteiger partial charge in [-0.05, 0) is 29.7 Å². The normalized spacial score (nSPS) is 12.8. The van der Waals surface area contributed by atoms with Crippen LogP contribution < -0.4 is 4.74 Å². The summed E-state index contributed by atoms with van der Waals surface area (Å²) in [5, 5.41) is 0. The Bertz CT molecular complexity index is 313. The second-order valence-corrected chi connectivity index (χ2v) is 5.58. The summed E-state index contributed by atoms with van der Waals surface area (Å²) in [6, 6.07) is 8.17. The van der Waals surface area contributed by atoms with Crippen LogP contribution in [0.15, 0.2) is 29.2 Å². The molecule has 1 unspecified atom stereocenters. The molecule has 0 saturated carbocycles. The third-order valence-electron chi connectivity index (χ3n) is 2.70. The van der Waals surface area contributed by atoms with Gasteiger partial charge < -0.3 is 4.74 Å². The lowest BCUT2D eigenvalue weighted by atomic mass is 10.0. The molecule has 0 aliphatic heterocycles. The molecule has 1 aromatic rings. The number of hydrogen-bond donors (Lipinski definition) is 1. The van der Waals surface area contributed by atoms with E-state index >= 15 is 0 Å². The largest absolute Gasteiger partial charge is 0.496 e. The van der Waals surface area contributed by atoms with Crippen molar-refractivity contribution >= 4 is 24.4 Å². The van der Waals surface area contributed by atoms with Gasteiger partial charge in [-0.15, -0.1) is 11.8 Å². The first-order chi connectivity index (χ1) is 7.69. The minimum Gasteiger partial charge on any atom is -0.496 e. The van der Waals surface area contributed by atoms with Crippen LogP contribution in [0.5, 0.6) is 5.75 Å². The summed E-state index contributed by atoms with van der Waals surface area (Å²) in [6.07, 6.45) is 0. The van der Waals surface area contributed by atoms with Gasteiger partial charge in [0.2, 0.25) is 0 Å². The fourth-order valence-corrected chi connectivity index (χ4v) is 3.48. The monoisotopic (exact) mass is 256 g/mol. The third kappa shape index (κ3) is 3.95. The molecular formula is C13H20OS2. The van der Waals surface area contributed by atoms with Gasteiger partial charge >= 0.3 is 0 Å². The zero-order valence-electron chi connectivity index (χ0n) is 10.1. The van der Waals surface area contributed by atoms with E-state index in [2.05, 4.69) is 38.6 Å². The smallest absolute Gasteiger partial charge is 0.132 e. The van der Waals surface area contributed by atoms with Crippen molar-refractivity contribution in [3.63, 3.8) is 0 Å². The molecule has 0 heterocycles. The molecule has 0 aliphatic carbocycles. The van der Waals surface area contributed by atoms with E-state index in [1.807, 2.05) is 23.9 Å². The van der Waals surface area contributed by atoms with Gasteiger partial charge in [0.15, 0.2) is 0 Å². The van der Waals surface area contributed by atoms with Crippen molar-refractivity contribution in [3.05, 3.63) is 24.3 Å². The predicted molar refractivity (Wildman–Crippen MR) is 75.9 cm³/mol. The summed E-state index contributed by atoms with van der Waals surface area (Å²) in [5.41, 5.74) is 0. The molecule has 0 aliphatic rings. The molecule has 0 radical (unpaired) electrons. The number of benzene rings is 1. The van der Waals surface area contributed by atoms with Gasteiger partial charge in [-0.25, -0.2) is 0 Å². The third-order valence-corrected chi connectivity index (χ3v) is 4.41. The molecule has 0 amide bonds. The topological polar surface area (TPSA) is 9.23 Å². The Morgan fingerprint density at radius 2 is 2.00 bits per heavy atom. The zero-order chi connectivity index (χ0) is 12.0. The zero-order valence-corrected chi connectivity index (χ0v) is 11.9. The lowest BCUT2D eigenvalue weighted by Gasteiger charge is -2.18. The molecule has 3 heteroatoms. The van der Waals surface area contributed by atoms with E-state index in [1.54, 1.807) is 7.11 Å². The first kappa shape index (κ1) is 13.8. The number of hydrogen-bond acceptors (Lipinski definition) is 3. The van der Waals surface area contributed by atoms with Gasteiger partial charge in [-0.2, -0.15) is 12.6 Å². The second-order valence-electron chi connectivity index (χ2n) is 4.15. The summed E-state index contributed by atoms with van der Waals surface area (Å²) in [4.78, 5) is 1.22. The fourth-order valence-electron chi connectivity index (χ4n) is 1.39. The lowest BCUT2D eigenvalue weighted by molar-refractivity contribution is 0.404. The van der Waals surface area contributed by atoms with Crippen molar-refractivity contribution in [3.8, 4) is 5.75 Å². The highest BCUT2D eigenvalue weighted by molar-refractivity contribution is 7.99. The SMILES string of the molecule is COc1ccccc1SCC(CS)C(C)C. The molecule has 16 heavy (non-hydrogen) atoms. The van der Waals surface area contributed by atoms with Crippen molar-refractivity contribution in [2.75, 3.05) is 18.6 Å². The molecule has 1 atom stereocenters. The van der Waals surface area contributed by atoms with Crippen LogP contribution >= 0.6 is 24.4 Å². The van der Waals surface area contributed by atoms with Crippen molar-refractivity contribution in [1.82, 2.24) is 0 Å². The van der Waals surface area contributed by atoms with Crippen molar-refractivity contribution in [1.29, 1.82) is 0 Å². The standard InChI is InChI=1S/C13H20OS2/c1-10(2)11(8-15)9-16-13-7-5-4-6-12(13)14-3/h4-7,10-11,15H,8-9H2,1-3H3. The first-order valence-corrected chi connectivity index (χ1v) is 7.17. The molecular weight excluding hydrogens is 236 g/mol. The van der Waals surface area contributed by atoms with E-state index in [1.165, 1.54) is 4.90 Å². The molecule has 0 spiro atoms. The van der Waals surface area contributed by atoms with E-state index in [-0.39, 0.29) is 0 Å². The second kappa shape index (κ2) is 7.13. The molecule has 0 aromatic heterocycles. The van der Waals surface area contributed by atoms with E-state index in [4.69, 9.17) is 4.74 Å². The molecule has 1 aromatic carbocycles. The van der Waals surface area contributed by atoms with Gasteiger partial charge in [-0.3, -0.25) is 0 Å². The molecule has 90 valence electrons. The Morgan fingerprint density at radius 3 is 2.56 bits per heavy atom. The van der Waals surface area contributed by atoms with Crippen LogP contribution in [-0.4, -0.2) is 18.6 Å². The fraction of sp³-hybridized carbons (Fsp3) is 0.538. The van der Waals surface area contributed by atoms with Gasteiger partial charge in [-0.1, -0.05) is 26.0 Å². The Morgan fingerprint density at radius 1 is 1.31 bits per heavy atom. The van der Waals surface area contributed by atoms with Gasteiger partial charge in [0.25, 0.3) is 0 Å². The summed E-state index contributed by atoms with van der Waals surface area (Å²) in [6.45, 7) is 4.51. The van der Waals surface area contributed by atoms with Gasteiger partial charge in [0.05, 0.1) is 7.11 Å². The molecule has 0 fully saturated rings. The van der Waals surface area contributed by atoms with Crippen LogP contribution in [0.3, 0.4) is 0 Å². The lowest BCUT2D eigenvalue weighted by Crippen LogP contribution is -2.13. The average molecular weight is 256 g/mol. The van der Waals surface area contributed by atoms with E-state index in [0.29, 0.717) is 11.8 Å². The number of thiol groups is 1. The van der Waals surface area contributed by atoms with Crippen LogP contribution in [0.2, 0.25) is 0 Å². The number of methoxy groups -OCH3 is 1. The summed E-state index contributed by atoms with van der Waals surface area (Å²) in [7, 11) is 1.72. The van der Waals surface area contributed by atoms with Crippen molar-refractivity contribution in [2.24, 2.45) is 11.8 Å². The molecule has 0 saturated heterocycles. The summed E-state index contributed by atoms with van der Waals surface area (Å²) in [5.74, 6) is 4.34. The maximum absolute atomic E-state index is 5.33. The minimum absolute atomic E-state index is 0.651. The molecule has 0 bridgehead atoms. The van der Waals surface area contributed by atoms with Gasteiger partial charge in [0.1, 0.15) is 5.75 Å². The molecule has 1 nitrogen and oxygen atoms in total. The number of rotatable bonds is 6. The Labute approximate surface area is 108 Å². The predicted octanol–water partition coefficient (Wildman–Crippen LogP) is 3.99. The Kier molecular flexibility index (Phi) is 6.14. The summed E-state index contributed by atoms with van der Waals surface area (Å²) < 4.78 is 5.33. The number of thioether (sulfide) groups is 1. The average Bonchev–Trinajstić information content (AvgIpc) is 2.30. The maximum Gasteiger partial charge on any atom is 0.132 e. The van der Waals surface area contributed by atoms with Crippen LogP contribution in [0.1, 0.15) is 13.8 Å². The summed E-state index contributed by atoms with van der Waals surface area (Å²) >= 11 is 6.26. The highest BCUT2D eigenvalue weighted by Gasteiger charge is 2.13. The van der Waals surface area contributed by atoms with E-state index in [9.17, 15) is 0 Å². The Balaban J connectivity index is 2.59. The maximum atomic E-state index is 5.33. The van der Waals surface area contributed by atoms with Crippen LogP contribution in [0.4, 0.5) is 0 Å². The minimum atomic E-state index is 0.651. The highest BCUT2D eigenvalue weighted by Crippen LogP contribution is 2.31. The van der Waals surface area contributed by atoms with Crippen molar-refractivity contribution < 1.29 is 4.74 Å². The number of para-hydroxylation sites is 1. The Hall–Kier alpha value is -0.280. The van der Waals surface area contributed by atoms with Crippen molar-refractivity contribution in [2.45, 2.75) is 18.7 Å². The van der Waals surface area contributed by atoms with Gasteiger partial charge in [0, 0.05) is 10.6 Å². The first-order valence-electron chi connectivity index (χ1n) is 5.55. The van der Waals surface area contributed by atoms with Crippen LogP contribution in [0, 0.1) is 11.8 Å².